The fourth-order valence-corrected chi connectivity index (χ4v) is 3.68. The molecule has 0 bridgehead atoms. The second-order valence-electron chi connectivity index (χ2n) is 7.44. The van der Waals surface area contributed by atoms with Crippen LogP contribution in [0.5, 0.6) is 0 Å². The predicted octanol–water partition coefficient (Wildman–Crippen LogP) is 3.59. The van der Waals surface area contributed by atoms with Crippen molar-refractivity contribution < 1.29 is 14.7 Å². The summed E-state index contributed by atoms with van der Waals surface area (Å²) in [7, 11) is 0. The molecule has 4 N–H and O–H groups in total. The van der Waals surface area contributed by atoms with Crippen molar-refractivity contribution in [1.29, 1.82) is 0 Å². The van der Waals surface area contributed by atoms with Crippen molar-refractivity contribution in [1.82, 2.24) is 10.3 Å². The van der Waals surface area contributed by atoms with Gasteiger partial charge in [-0.3, -0.25) is 9.59 Å². The molecule has 1 unspecified atom stereocenters. The highest BCUT2D eigenvalue weighted by Gasteiger charge is 2.26. The number of aliphatic hydroxyl groups is 1. The Labute approximate surface area is 174 Å². The van der Waals surface area contributed by atoms with Crippen molar-refractivity contribution >= 4 is 29.2 Å². The van der Waals surface area contributed by atoms with Crippen molar-refractivity contribution in [2.24, 2.45) is 0 Å². The second-order valence-corrected chi connectivity index (χ2v) is 7.44. The van der Waals surface area contributed by atoms with E-state index < -0.39 is 6.04 Å². The van der Waals surface area contributed by atoms with E-state index in [9.17, 15) is 14.7 Å². The Morgan fingerprint density at radius 3 is 2.57 bits per heavy atom. The third-order valence-electron chi connectivity index (χ3n) is 5.23. The molecule has 0 saturated carbocycles. The normalized spacial score (nSPS) is 15.0. The van der Waals surface area contributed by atoms with Crippen molar-refractivity contribution in [3.8, 4) is 0 Å². The Bertz CT molecular complexity index is 1150. The highest BCUT2D eigenvalue weighted by Crippen LogP contribution is 2.34. The molecule has 2 aromatic carbocycles. The lowest BCUT2D eigenvalue weighted by molar-refractivity contribution is -0.110. The molecule has 2 heterocycles. The lowest BCUT2D eigenvalue weighted by atomic mass is 10.0. The van der Waals surface area contributed by atoms with Gasteiger partial charge in [0.1, 0.15) is 0 Å². The van der Waals surface area contributed by atoms with Crippen LogP contribution in [-0.4, -0.2) is 28.5 Å². The second kappa shape index (κ2) is 8.00. The number of nitrogens with one attached hydrogen (secondary N) is 3. The number of aromatic amines is 1. The SMILES string of the molecule is Cc1cc(C)c(/C=C2\C(=O)Nc3cc(C(=O)NC(CO)c4ccccc4)ccc32)[nH]1. The molecular weight excluding hydrogens is 378 g/mol. The fourth-order valence-electron chi connectivity index (χ4n) is 3.68. The van der Waals surface area contributed by atoms with E-state index in [-0.39, 0.29) is 18.4 Å². The monoisotopic (exact) mass is 401 g/mol. The Balaban J connectivity index is 1.59. The van der Waals surface area contributed by atoms with Crippen LogP contribution >= 0.6 is 0 Å². The van der Waals surface area contributed by atoms with Gasteiger partial charge in [-0.25, -0.2) is 0 Å². The molecule has 4 rings (SSSR count). The number of benzene rings is 2. The van der Waals surface area contributed by atoms with Gasteiger partial charge in [0.2, 0.25) is 0 Å². The van der Waals surface area contributed by atoms with E-state index in [1.807, 2.05) is 56.3 Å². The minimum atomic E-state index is -0.504. The molecule has 2 amide bonds. The number of hydrogen-bond donors (Lipinski definition) is 4. The third kappa shape index (κ3) is 3.77. The summed E-state index contributed by atoms with van der Waals surface area (Å²) < 4.78 is 0. The van der Waals surface area contributed by atoms with Crippen molar-refractivity contribution in [2.75, 3.05) is 11.9 Å². The van der Waals surface area contributed by atoms with Crippen LogP contribution in [-0.2, 0) is 4.79 Å². The van der Waals surface area contributed by atoms with Gasteiger partial charge >= 0.3 is 0 Å². The Hall–Kier alpha value is -3.64. The highest BCUT2D eigenvalue weighted by molar-refractivity contribution is 6.35. The molecule has 6 heteroatoms. The summed E-state index contributed by atoms with van der Waals surface area (Å²) in [6.45, 7) is 3.75. The molecule has 6 nitrogen and oxygen atoms in total. The maximum atomic E-state index is 12.7. The number of anilines is 1. The van der Waals surface area contributed by atoms with Gasteiger partial charge in [-0.2, -0.15) is 0 Å². The standard InChI is InChI=1S/C24H23N3O3/c1-14-10-15(2)25-20(14)12-19-18-9-8-17(11-21(18)26-24(19)30)23(29)27-22(13-28)16-6-4-3-5-7-16/h3-12,22,25,28H,13H2,1-2H3,(H,26,30)(H,27,29)/b19-12-. The van der Waals surface area contributed by atoms with E-state index in [0.29, 0.717) is 16.8 Å². The quantitative estimate of drug-likeness (QED) is 0.492. The van der Waals surface area contributed by atoms with Crippen LogP contribution in [0.2, 0.25) is 0 Å². The van der Waals surface area contributed by atoms with Crippen molar-refractivity contribution in [3.05, 3.63) is 88.2 Å². The Morgan fingerprint density at radius 1 is 1.13 bits per heavy atom. The highest BCUT2D eigenvalue weighted by atomic mass is 16.3. The lowest BCUT2D eigenvalue weighted by Crippen LogP contribution is -2.30. The Morgan fingerprint density at radius 2 is 1.90 bits per heavy atom. The largest absolute Gasteiger partial charge is 0.394 e. The average Bonchev–Trinajstić information content (AvgIpc) is 3.23. The summed E-state index contributed by atoms with van der Waals surface area (Å²) in [4.78, 5) is 28.5. The molecular formula is C24H23N3O3. The summed E-state index contributed by atoms with van der Waals surface area (Å²) in [5.41, 5.74) is 6.13. The molecule has 0 fully saturated rings. The maximum Gasteiger partial charge on any atom is 0.256 e. The van der Waals surface area contributed by atoms with Crippen molar-refractivity contribution in [3.63, 3.8) is 0 Å². The van der Waals surface area contributed by atoms with Crippen LogP contribution in [0.15, 0.2) is 54.6 Å². The number of carbonyl (C=O) groups excluding carboxylic acids is 2. The van der Waals surface area contributed by atoms with E-state index >= 15 is 0 Å². The number of H-pyrrole nitrogens is 1. The summed E-state index contributed by atoms with van der Waals surface area (Å²) >= 11 is 0. The van der Waals surface area contributed by atoms with Gasteiger partial charge in [-0.15, -0.1) is 0 Å². The summed E-state index contributed by atoms with van der Waals surface area (Å²) in [5.74, 6) is -0.519. The number of carbonyl (C=O) groups is 2. The van der Waals surface area contributed by atoms with E-state index in [0.717, 1.165) is 28.1 Å². The minimum absolute atomic E-state index is 0.202. The number of aliphatic hydroxyl groups excluding tert-OH is 1. The summed E-state index contributed by atoms with van der Waals surface area (Å²) in [6.07, 6.45) is 1.83. The van der Waals surface area contributed by atoms with Gasteiger partial charge in [0, 0.05) is 28.2 Å². The fraction of sp³-hybridized carbons (Fsp3) is 0.167. The van der Waals surface area contributed by atoms with Crippen LogP contribution in [0.4, 0.5) is 5.69 Å². The van der Waals surface area contributed by atoms with Gasteiger partial charge in [0.15, 0.2) is 0 Å². The molecule has 3 aromatic rings. The van der Waals surface area contributed by atoms with Crippen LogP contribution in [0.1, 0.15) is 44.5 Å². The molecule has 0 spiro atoms. The van der Waals surface area contributed by atoms with Crippen LogP contribution in [0, 0.1) is 13.8 Å². The number of aryl methyl sites for hydroxylation is 2. The smallest absolute Gasteiger partial charge is 0.256 e. The first kappa shape index (κ1) is 19.7. The van der Waals surface area contributed by atoms with E-state index in [2.05, 4.69) is 15.6 Å². The molecule has 0 aliphatic carbocycles. The first-order chi connectivity index (χ1) is 14.5. The molecule has 0 saturated heterocycles. The number of amides is 2. The molecule has 152 valence electrons. The van der Waals surface area contributed by atoms with Gasteiger partial charge < -0.3 is 20.7 Å². The van der Waals surface area contributed by atoms with E-state index in [4.69, 9.17) is 0 Å². The minimum Gasteiger partial charge on any atom is -0.394 e. The number of hydrogen-bond acceptors (Lipinski definition) is 3. The topological polar surface area (TPSA) is 94.2 Å². The lowest BCUT2D eigenvalue weighted by Gasteiger charge is -2.17. The molecule has 0 radical (unpaired) electrons. The van der Waals surface area contributed by atoms with Gasteiger partial charge in [0.05, 0.1) is 18.2 Å². The number of rotatable bonds is 5. The average molecular weight is 401 g/mol. The van der Waals surface area contributed by atoms with E-state index in [1.54, 1.807) is 18.2 Å². The zero-order valence-electron chi connectivity index (χ0n) is 16.8. The zero-order valence-corrected chi connectivity index (χ0v) is 16.8. The van der Waals surface area contributed by atoms with Gasteiger partial charge in [0.25, 0.3) is 11.8 Å². The zero-order chi connectivity index (χ0) is 21.3. The van der Waals surface area contributed by atoms with Crippen molar-refractivity contribution in [2.45, 2.75) is 19.9 Å². The van der Waals surface area contributed by atoms with Crippen LogP contribution < -0.4 is 10.6 Å². The van der Waals surface area contributed by atoms with Crippen LogP contribution in [0.25, 0.3) is 11.6 Å². The van der Waals surface area contributed by atoms with E-state index in [1.165, 1.54) is 0 Å². The summed E-state index contributed by atoms with van der Waals surface area (Å²) in [6, 6.07) is 15.9. The van der Waals surface area contributed by atoms with Gasteiger partial charge in [-0.05, 0) is 49.2 Å². The molecule has 1 aromatic heterocycles. The summed E-state index contributed by atoms with van der Waals surface area (Å²) in [5, 5.41) is 15.4. The molecule has 1 atom stereocenters. The predicted molar refractivity (Wildman–Crippen MR) is 117 cm³/mol. The Kier molecular flexibility index (Phi) is 5.25. The van der Waals surface area contributed by atoms with Crippen LogP contribution in [0.3, 0.4) is 0 Å². The number of fused-ring (bicyclic) bond motifs is 1. The first-order valence-corrected chi connectivity index (χ1v) is 9.76. The molecule has 1 aliphatic heterocycles. The molecule has 1 aliphatic rings. The maximum absolute atomic E-state index is 12.7. The molecule has 30 heavy (non-hydrogen) atoms. The van der Waals surface area contributed by atoms with Gasteiger partial charge in [-0.1, -0.05) is 36.4 Å². The third-order valence-corrected chi connectivity index (χ3v) is 5.23. The number of aromatic nitrogens is 1. The first-order valence-electron chi connectivity index (χ1n) is 9.76.